The lowest BCUT2D eigenvalue weighted by molar-refractivity contribution is 0.148. The molecule has 0 saturated heterocycles. The molecule has 0 radical (unpaired) electrons. The van der Waals surface area contributed by atoms with E-state index in [-0.39, 0.29) is 11.5 Å². The molecule has 4 heteroatoms. The van der Waals surface area contributed by atoms with Crippen molar-refractivity contribution in [1.82, 2.24) is 15.0 Å². The third-order valence-corrected chi connectivity index (χ3v) is 3.78. The normalized spacial score (nSPS) is 25.2. The second kappa shape index (κ2) is 3.04. The number of hydrogen-bond acceptors (Lipinski definition) is 3. The van der Waals surface area contributed by atoms with Gasteiger partial charge in [0.05, 0.1) is 11.8 Å². The molecule has 2 saturated carbocycles. The Morgan fingerprint density at radius 1 is 1.60 bits per heavy atom. The van der Waals surface area contributed by atoms with Gasteiger partial charge in [-0.3, -0.25) is 4.68 Å². The molecular weight excluding hydrogens is 190 g/mol. The van der Waals surface area contributed by atoms with Gasteiger partial charge in [-0.15, -0.1) is 5.10 Å². The number of hydrogen-bond donors (Lipinski definition) is 1. The van der Waals surface area contributed by atoms with Crippen molar-refractivity contribution in [3.8, 4) is 0 Å². The smallest absolute Gasteiger partial charge is 0.0914 e. The summed E-state index contributed by atoms with van der Waals surface area (Å²) in [6.07, 6.45) is 6.48. The Morgan fingerprint density at radius 2 is 2.33 bits per heavy atom. The van der Waals surface area contributed by atoms with Crippen LogP contribution in [0.15, 0.2) is 6.20 Å². The highest BCUT2D eigenvalue weighted by atomic mass is 16.3. The maximum atomic E-state index is 9.72. The summed E-state index contributed by atoms with van der Waals surface area (Å²) >= 11 is 0. The van der Waals surface area contributed by atoms with E-state index in [1.165, 1.54) is 12.8 Å². The van der Waals surface area contributed by atoms with E-state index >= 15 is 0 Å². The molecule has 1 aromatic heterocycles. The van der Waals surface area contributed by atoms with Gasteiger partial charge >= 0.3 is 0 Å². The van der Waals surface area contributed by atoms with Crippen molar-refractivity contribution in [3.63, 3.8) is 0 Å². The van der Waals surface area contributed by atoms with Crippen LogP contribution in [0.2, 0.25) is 0 Å². The Labute approximate surface area is 89.3 Å². The van der Waals surface area contributed by atoms with E-state index in [1.807, 2.05) is 17.8 Å². The predicted molar refractivity (Wildman–Crippen MR) is 55.3 cm³/mol. The van der Waals surface area contributed by atoms with Gasteiger partial charge in [0.2, 0.25) is 0 Å². The summed E-state index contributed by atoms with van der Waals surface area (Å²) in [4.78, 5) is 0. The lowest BCUT2D eigenvalue weighted by Crippen LogP contribution is -2.22. The van der Waals surface area contributed by atoms with Gasteiger partial charge in [-0.25, -0.2) is 0 Å². The Morgan fingerprint density at radius 3 is 2.87 bits per heavy atom. The fraction of sp³-hybridized carbons (Fsp3) is 0.818. The molecule has 1 atom stereocenters. The van der Waals surface area contributed by atoms with Crippen LogP contribution in [0.1, 0.15) is 38.3 Å². The van der Waals surface area contributed by atoms with Gasteiger partial charge in [0, 0.05) is 18.2 Å². The van der Waals surface area contributed by atoms with E-state index in [1.54, 1.807) is 0 Å². The molecule has 0 bridgehead atoms. The number of rotatable bonds is 4. The number of aliphatic hydroxyl groups is 1. The Balaban J connectivity index is 1.77. The topological polar surface area (TPSA) is 50.9 Å². The van der Waals surface area contributed by atoms with Crippen molar-refractivity contribution in [1.29, 1.82) is 0 Å². The van der Waals surface area contributed by atoms with Crippen molar-refractivity contribution in [2.24, 2.45) is 5.92 Å². The lowest BCUT2D eigenvalue weighted by Gasteiger charge is -2.14. The molecule has 1 unspecified atom stereocenters. The van der Waals surface area contributed by atoms with Crippen molar-refractivity contribution in [2.45, 2.75) is 50.7 Å². The second-order valence-corrected chi connectivity index (χ2v) is 5.10. The minimum atomic E-state index is -0.302. The van der Waals surface area contributed by atoms with Crippen LogP contribution in [0.25, 0.3) is 0 Å². The van der Waals surface area contributed by atoms with Gasteiger partial charge in [-0.05, 0) is 38.5 Å². The van der Waals surface area contributed by atoms with Gasteiger partial charge in [-0.1, -0.05) is 5.21 Å². The third-order valence-electron chi connectivity index (χ3n) is 3.78. The second-order valence-electron chi connectivity index (χ2n) is 5.10. The summed E-state index contributed by atoms with van der Waals surface area (Å²) in [6.45, 7) is 2.86. The van der Waals surface area contributed by atoms with E-state index in [4.69, 9.17) is 0 Å². The largest absolute Gasteiger partial charge is 0.392 e. The monoisotopic (exact) mass is 207 g/mol. The average Bonchev–Trinajstić information content (AvgIpc) is 3.07. The summed E-state index contributed by atoms with van der Waals surface area (Å²) in [5, 5.41) is 18.1. The Kier molecular flexibility index (Phi) is 1.89. The van der Waals surface area contributed by atoms with Gasteiger partial charge < -0.3 is 5.11 Å². The molecule has 2 fully saturated rings. The van der Waals surface area contributed by atoms with Crippen LogP contribution in [-0.4, -0.2) is 26.2 Å². The molecule has 0 spiro atoms. The highest BCUT2D eigenvalue weighted by Gasteiger charge is 2.50. The maximum Gasteiger partial charge on any atom is 0.0914 e. The molecule has 1 aromatic rings. The third kappa shape index (κ3) is 1.57. The first kappa shape index (κ1) is 9.33. The zero-order valence-corrected chi connectivity index (χ0v) is 9.06. The molecule has 2 aliphatic carbocycles. The van der Waals surface area contributed by atoms with E-state index in [0.29, 0.717) is 0 Å². The average molecular weight is 207 g/mol. The van der Waals surface area contributed by atoms with E-state index in [0.717, 1.165) is 31.0 Å². The zero-order chi connectivity index (χ0) is 10.5. The molecule has 0 aliphatic heterocycles. The van der Waals surface area contributed by atoms with Gasteiger partial charge in [0.1, 0.15) is 0 Å². The standard InChI is InChI=1S/C11H17N3O/c1-8(15)11(4-5-11)10-7-14(13-12-10)6-9-2-3-9/h7-9,15H,2-6H2,1H3. The SMILES string of the molecule is CC(O)C1(c2cn(CC3CC3)nn2)CC1. The molecular formula is C11H17N3O. The fourth-order valence-corrected chi connectivity index (χ4v) is 2.20. The predicted octanol–water partition coefficient (Wildman–Crippen LogP) is 1.10. The minimum Gasteiger partial charge on any atom is -0.392 e. The molecule has 0 aromatic carbocycles. The van der Waals surface area contributed by atoms with Crippen molar-refractivity contribution < 1.29 is 5.11 Å². The highest BCUT2D eigenvalue weighted by Crippen LogP contribution is 2.50. The van der Waals surface area contributed by atoms with Crippen LogP contribution < -0.4 is 0 Å². The Hall–Kier alpha value is -0.900. The van der Waals surface area contributed by atoms with E-state index in [9.17, 15) is 5.11 Å². The van der Waals surface area contributed by atoms with Gasteiger partial charge in [-0.2, -0.15) is 0 Å². The first-order valence-electron chi connectivity index (χ1n) is 5.79. The van der Waals surface area contributed by atoms with Crippen molar-refractivity contribution in [2.75, 3.05) is 0 Å². The highest BCUT2D eigenvalue weighted by molar-refractivity contribution is 5.23. The molecule has 1 N–H and O–H groups in total. The summed E-state index contributed by atoms with van der Waals surface area (Å²) in [5.74, 6) is 0.821. The van der Waals surface area contributed by atoms with Crippen LogP contribution in [0, 0.1) is 5.92 Å². The van der Waals surface area contributed by atoms with Gasteiger partial charge in [0.15, 0.2) is 0 Å². The van der Waals surface area contributed by atoms with Crippen molar-refractivity contribution in [3.05, 3.63) is 11.9 Å². The van der Waals surface area contributed by atoms with Crippen LogP contribution in [0.3, 0.4) is 0 Å². The molecule has 15 heavy (non-hydrogen) atoms. The number of nitrogens with zero attached hydrogens (tertiary/aromatic N) is 3. The lowest BCUT2D eigenvalue weighted by atomic mass is 9.97. The van der Waals surface area contributed by atoms with Gasteiger partial charge in [0.25, 0.3) is 0 Å². The van der Waals surface area contributed by atoms with Crippen LogP contribution in [0.4, 0.5) is 0 Å². The Bertz CT molecular complexity index is 364. The van der Waals surface area contributed by atoms with Crippen LogP contribution in [0.5, 0.6) is 0 Å². The first-order chi connectivity index (χ1) is 7.21. The zero-order valence-electron chi connectivity index (χ0n) is 9.06. The molecule has 82 valence electrons. The summed E-state index contributed by atoms with van der Waals surface area (Å²) in [5.41, 5.74) is 0.917. The first-order valence-corrected chi connectivity index (χ1v) is 5.79. The van der Waals surface area contributed by atoms with Crippen molar-refractivity contribution >= 4 is 0 Å². The maximum absolute atomic E-state index is 9.72. The number of aromatic nitrogens is 3. The quantitative estimate of drug-likeness (QED) is 0.804. The van der Waals surface area contributed by atoms with E-state index in [2.05, 4.69) is 10.3 Å². The minimum absolute atomic E-state index is 0.0677. The molecule has 3 rings (SSSR count). The number of aliphatic hydroxyl groups excluding tert-OH is 1. The molecule has 1 heterocycles. The molecule has 2 aliphatic rings. The summed E-state index contributed by atoms with van der Waals surface area (Å²) < 4.78 is 1.94. The van der Waals surface area contributed by atoms with E-state index < -0.39 is 0 Å². The summed E-state index contributed by atoms with van der Waals surface area (Å²) in [7, 11) is 0. The molecule has 4 nitrogen and oxygen atoms in total. The summed E-state index contributed by atoms with van der Waals surface area (Å²) in [6, 6.07) is 0. The molecule has 0 amide bonds. The van der Waals surface area contributed by atoms with Crippen LogP contribution >= 0.6 is 0 Å². The fourth-order valence-electron chi connectivity index (χ4n) is 2.20. The van der Waals surface area contributed by atoms with Crippen LogP contribution in [-0.2, 0) is 12.0 Å².